The van der Waals surface area contributed by atoms with Gasteiger partial charge in [0.1, 0.15) is 5.82 Å². The Morgan fingerprint density at radius 2 is 2.18 bits per heavy atom. The zero-order valence-corrected chi connectivity index (χ0v) is 11.3. The molecule has 2 aromatic rings. The Balaban J connectivity index is 2.20. The lowest BCUT2D eigenvalue weighted by Gasteiger charge is -2.07. The van der Waals surface area contributed by atoms with Crippen molar-refractivity contribution in [3.05, 3.63) is 29.0 Å². The van der Waals surface area contributed by atoms with E-state index in [-0.39, 0.29) is 0 Å². The van der Waals surface area contributed by atoms with Crippen LogP contribution in [0.15, 0.2) is 18.2 Å². The summed E-state index contributed by atoms with van der Waals surface area (Å²) >= 11 is 5.99. The zero-order chi connectivity index (χ0) is 12.4. The van der Waals surface area contributed by atoms with Gasteiger partial charge in [-0.1, -0.05) is 25.4 Å². The van der Waals surface area contributed by atoms with E-state index in [1.807, 2.05) is 25.2 Å². The first kappa shape index (κ1) is 12.4. The van der Waals surface area contributed by atoms with E-state index in [1.54, 1.807) is 0 Å². The van der Waals surface area contributed by atoms with Crippen molar-refractivity contribution in [1.82, 2.24) is 14.9 Å². The lowest BCUT2D eigenvalue weighted by Crippen LogP contribution is -2.20. The Morgan fingerprint density at radius 1 is 1.41 bits per heavy atom. The Hall–Kier alpha value is -1.06. The highest BCUT2D eigenvalue weighted by atomic mass is 35.5. The van der Waals surface area contributed by atoms with Crippen LogP contribution in [0.4, 0.5) is 0 Å². The molecule has 0 aliphatic rings. The number of aryl methyl sites for hydroxylation is 1. The number of hydrogen-bond acceptors (Lipinski definition) is 2. The summed E-state index contributed by atoms with van der Waals surface area (Å²) in [4.78, 5) is 4.59. The third kappa shape index (κ3) is 2.79. The van der Waals surface area contributed by atoms with Crippen molar-refractivity contribution in [2.24, 2.45) is 13.0 Å². The van der Waals surface area contributed by atoms with E-state index in [0.717, 1.165) is 35.0 Å². The van der Waals surface area contributed by atoms with Gasteiger partial charge in [0.05, 0.1) is 17.6 Å². The van der Waals surface area contributed by atoms with Crippen LogP contribution in [0.1, 0.15) is 19.7 Å². The van der Waals surface area contributed by atoms with Crippen molar-refractivity contribution in [3.8, 4) is 0 Å². The summed E-state index contributed by atoms with van der Waals surface area (Å²) in [6.45, 7) is 6.19. The summed E-state index contributed by atoms with van der Waals surface area (Å²) in [5.41, 5.74) is 2.08. The summed E-state index contributed by atoms with van der Waals surface area (Å²) in [6, 6.07) is 5.79. The molecule has 0 radical (unpaired) electrons. The highest BCUT2D eigenvalue weighted by Crippen LogP contribution is 2.19. The van der Waals surface area contributed by atoms with Gasteiger partial charge >= 0.3 is 0 Å². The van der Waals surface area contributed by atoms with E-state index in [9.17, 15) is 0 Å². The highest BCUT2D eigenvalue weighted by molar-refractivity contribution is 6.31. The second-order valence-corrected chi connectivity index (χ2v) is 5.18. The predicted molar refractivity (Wildman–Crippen MR) is 72.3 cm³/mol. The molecule has 0 unspecified atom stereocenters. The molecule has 92 valence electrons. The number of halogens is 1. The maximum absolute atomic E-state index is 5.99. The first-order chi connectivity index (χ1) is 8.08. The van der Waals surface area contributed by atoms with Gasteiger partial charge < -0.3 is 9.88 Å². The molecular formula is C13H18ClN3. The average molecular weight is 252 g/mol. The van der Waals surface area contributed by atoms with Crippen LogP contribution in [0.3, 0.4) is 0 Å². The van der Waals surface area contributed by atoms with Gasteiger partial charge in [-0.15, -0.1) is 0 Å². The van der Waals surface area contributed by atoms with Gasteiger partial charge in [-0.05, 0) is 30.7 Å². The van der Waals surface area contributed by atoms with Crippen molar-refractivity contribution in [3.63, 3.8) is 0 Å². The maximum atomic E-state index is 5.99. The van der Waals surface area contributed by atoms with Crippen LogP contribution in [0.2, 0.25) is 5.02 Å². The van der Waals surface area contributed by atoms with Crippen molar-refractivity contribution in [2.45, 2.75) is 20.4 Å². The second-order valence-electron chi connectivity index (χ2n) is 4.74. The van der Waals surface area contributed by atoms with Gasteiger partial charge in [-0.25, -0.2) is 4.98 Å². The minimum atomic E-state index is 0.652. The van der Waals surface area contributed by atoms with E-state index in [4.69, 9.17) is 11.6 Å². The SMILES string of the molecule is CC(C)CNCc1nc2ccc(Cl)cc2n1C. The van der Waals surface area contributed by atoms with E-state index < -0.39 is 0 Å². The van der Waals surface area contributed by atoms with Gasteiger partial charge in [0, 0.05) is 12.1 Å². The van der Waals surface area contributed by atoms with Crippen molar-refractivity contribution >= 4 is 22.6 Å². The Bertz CT molecular complexity index is 517. The molecule has 4 heteroatoms. The van der Waals surface area contributed by atoms with Crippen LogP contribution in [0, 0.1) is 5.92 Å². The Morgan fingerprint density at radius 3 is 2.88 bits per heavy atom. The van der Waals surface area contributed by atoms with E-state index >= 15 is 0 Å². The number of benzene rings is 1. The molecule has 17 heavy (non-hydrogen) atoms. The largest absolute Gasteiger partial charge is 0.330 e. The number of fused-ring (bicyclic) bond motifs is 1. The normalized spacial score (nSPS) is 11.6. The molecule has 0 amide bonds. The molecule has 1 aromatic heterocycles. The molecule has 3 nitrogen and oxygen atoms in total. The lowest BCUT2D eigenvalue weighted by molar-refractivity contribution is 0.538. The van der Waals surface area contributed by atoms with Gasteiger partial charge in [0.25, 0.3) is 0 Å². The van der Waals surface area contributed by atoms with Crippen LogP contribution >= 0.6 is 11.6 Å². The summed E-state index contributed by atoms with van der Waals surface area (Å²) in [5, 5.41) is 4.15. The number of nitrogens with one attached hydrogen (secondary N) is 1. The van der Waals surface area contributed by atoms with Gasteiger partial charge in [0.15, 0.2) is 0 Å². The smallest absolute Gasteiger partial charge is 0.123 e. The second kappa shape index (κ2) is 5.07. The van der Waals surface area contributed by atoms with Crippen molar-refractivity contribution < 1.29 is 0 Å². The summed E-state index contributed by atoms with van der Waals surface area (Å²) in [7, 11) is 2.03. The summed E-state index contributed by atoms with van der Waals surface area (Å²) in [5.74, 6) is 1.70. The Kier molecular flexibility index (Phi) is 3.69. The monoisotopic (exact) mass is 251 g/mol. The highest BCUT2D eigenvalue weighted by Gasteiger charge is 2.07. The summed E-state index contributed by atoms with van der Waals surface area (Å²) in [6.07, 6.45) is 0. The fourth-order valence-electron chi connectivity index (χ4n) is 1.84. The molecule has 2 rings (SSSR count). The maximum Gasteiger partial charge on any atom is 0.123 e. The number of nitrogens with zero attached hydrogens (tertiary/aromatic N) is 2. The van der Waals surface area contributed by atoms with E-state index in [2.05, 4.69) is 28.7 Å². The molecule has 0 saturated carbocycles. The molecule has 0 bridgehead atoms. The molecule has 0 saturated heterocycles. The molecule has 1 aromatic carbocycles. The van der Waals surface area contributed by atoms with Crippen molar-refractivity contribution in [2.75, 3.05) is 6.54 Å². The molecule has 1 N–H and O–H groups in total. The average Bonchev–Trinajstić information content (AvgIpc) is 2.56. The lowest BCUT2D eigenvalue weighted by atomic mass is 10.2. The van der Waals surface area contributed by atoms with E-state index in [1.165, 1.54) is 0 Å². The summed E-state index contributed by atoms with van der Waals surface area (Å²) < 4.78 is 2.09. The minimum absolute atomic E-state index is 0.652. The van der Waals surface area contributed by atoms with Crippen LogP contribution in [-0.4, -0.2) is 16.1 Å². The molecule has 0 aliphatic carbocycles. The third-order valence-electron chi connectivity index (χ3n) is 2.77. The van der Waals surface area contributed by atoms with Crippen molar-refractivity contribution in [1.29, 1.82) is 0 Å². The van der Waals surface area contributed by atoms with Gasteiger partial charge in [0.2, 0.25) is 0 Å². The number of imidazole rings is 1. The van der Waals surface area contributed by atoms with Gasteiger partial charge in [-0.3, -0.25) is 0 Å². The number of aromatic nitrogens is 2. The quantitative estimate of drug-likeness (QED) is 0.906. The number of hydrogen-bond donors (Lipinski definition) is 1. The predicted octanol–water partition coefficient (Wildman–Crippen LogP) is 2.97. The standard InChI is InChI=1S/C13H18ClN3/c1-9(2)7-15-8-13-16-11-5-4-10(14)6-12(11)17(13)3/h4-6,9,15H,7-8H2,1-3H3. The molecule has 1 heterocycles. The molecule has 0 atom stereocenters. The van der Waals surface area contributed by atoms with Crippen LogP contribution in [-0.2, 0) is 13.6 Å². The van der Waals surface area contributed by atoms with Gasteiger partial charge in [-0.2, -0.15) is 0 Å². The Labute approximate surface area is 107 Å². The van der Waals surface area contributed by atoms with Crippen LogP contribution in [0.25, 0.3) is 11.0 Å². The zero-order valence-electron chi connectivity index (χ0n) is 10.5. The topological polar surface area (TPSA) is 29.9 Å². The first-order valence-electron chi connectivity index (χ1n) is 5.89. The fourth-order valence-corrected chi connectivity index (χ4v) is 2.01. The minimum Gasteiger partial charge on any atom is -0.330 e. The van der Waals surface area contributed by atoms with Crippen LogP contribution < -0.4 is 5.32 Å². The van der Waals surface area contributed by atoms with E-state index in [0.29, 0.717) is 5.92 Å². The molecular weight excluding hydrogens is 234 g/mol. The first-order valence-corrected chi connectivity index (χ1v) is 6.27. The molecule has 0 fully saturated rings. The fraction of sp³-hybridized carbons (Fsp3) is 0.462. The third-order valence-corrected chi connectivity index (χ3v) is 3.01. The molecule has 0 aliphatic heterocycles. The van der Waals surface area contributed by atoms with Crippen LogP contribution in [0.5, 0.6) is 0 Å². The number of rotatable bonds is 4. The molecule has 0 spiro atoms.